The summed E-state index contributed by atoms with van der Waals surface area (Å²) < 4.78 is 0. The topological polar surface area (TPSA) is 116 Å². The van der Waals surface area contributed by atoms with Crippen LogP contribution in [0.15, 0.2) is 48.5 Å². The fourth-order valence-electron chi connectivity index (χ4n) is 4.22. The van der Waals surface area contributed by atoms with Crippen molar-refractivity contribution >= 4 is 11.8 Å². The van der Waals surface area contributed by atoms with Gasteiger partial charge >= 0.3 is 0 Å². The predicted octanol–water partition coefficient (Wildman–Crippen LogP) is 5.18. The number of rotatable bonds is 11. The first-order valence-electron chi connectivity index (χ1n) is 13.2. The van der Waals surface area contributed by atoms with Gasteiger partial charge in [-0.15, -0.1) is 0 Å². The van der Waals surface area contributed by atoms with Gasteiger partial charge in [-0.3, -0.25) is 9.59 Å². The van der Waals surface area contributed by atoms with Gasteiger partial charge in [0, 0.05) is 24.5 Å². The molecule has 0 atom stereocenters. The molecule has 4 N–H and O–H groups in total. The number of hydrogen-bond donors (Lipinski definition) is 4. The van der Waals surface area contributed by atoms with E-state index in [1.165, 1.54) is 11.1 Å². The van der Waals surface area contributed by atoms with Crippen molar-refractivity contribution in [1.29, 1.82) is 0 Å². The Labute approximate surface area is 223 Å². The van der Waals surface area contributed by atoms with E-state index in [-0.39, 0.29) is 11.8 Å². The summed E-state index contributed by atoms with van der Waals surface area (Å²) in [6.07, 6.45) is 3.05. The monoisotopic (exact) mass is 512 g/mol. The molecule has 198 valence electrons. The summed E-state index contributed by atoms with van der Waals surface area (Å²) >= 11 is 0. The number of benzene rings is 2. The highest BCUT2D eigenvalue weighted by Crippen LogP contribution is 2.20. The van der Waals surface area contributed by atoms with Gasteiger partial charge in [0.1, 0.15) is 11.4 Å². The van der Waals surface area contributed by atoms with E-state index in [2.05, 4.69) is 44.4 Å². The quantitative estimate of drug-likeness (QED) is 0.222. The second-order valence-corrected chi connectivity index (χ2v) is 9.66. The molecule has 0 unspecified atom stereocenters. The van der Waals surface area contributed by atoms with E-state index < -0.39 is 0 Å². The molecule has 4 aromatic rings. The SMILES string of the molecule is CCCc1[nH]c(-c2nc(C(=O)NCc3ccc(C)cc3)c(CCC)[nH]2)nc1C(=O)NCc1ccc(C)cc1. The van der Waals surface area contributed by atoms with Gasteiger partial charge in [-0.25, -0.2) is 9.97 Å². The third-order valence-electron chi connectivity index (χ3n) is 6.36. The van der Waals surface area contributed by atoms with Crippen LogP contribution in [0.1, 0.15) is 81.3 Å². The van der Waals surface area contributed by atoms with E-state index in [9.17, 15) is 9.59 Å². The maximum atomic E-state index is 13.1. The predicted molar refractivity (Wildman–Crippen MR) is 149 cm³/mol. The first kappa shape index (κ1) is 26.9. The molecular formula is C30H36N6O2. The summed E-state index contributed by atoms with van der Waals surface area (Å²) in [5, 5.41) is 5.95. The molecule has 0 aliphatic carbocycles. The number of aromatic nitrogens is 4. The molecule has 0 fully saturated rings. The number of imidazole rings is 2. The number of aryl methyl sites for hydroxylation is 4. The Morgan fingerprint density at radius 3 is 1.37 bits per heavy atom. The van der Waals surface area contributed by atoms with Gasteiger partial charge in [0.25, 0.3) is 11.8 Å². The smallest absolute Gasteiger partial charge is 0.272 e. The number of nitrogens with one attached hydrogen (secondary N) is 4. The first-order valence-corrected chi connectivity index (χ1v) is 13.2. The fraction of sp³-hybridized carbons (Fsp3) is 0.333. The van der Waals surface area contributed by atoms with Crippen LogP contribution in [0.5, 0.6) is 0 Å². The Morgan fingerprint density at radius 1 is 0.658 bits per heavy atom. The van der Waals surface area contributed by atoms with Crippen molar-refractivity contribution in [3.8, 4) is 11.6 Å². The molecule has 2 heterocycles. The van der Waals surface area contributed by atoms with Crippen LogP contribution in [0.25, 0.3) is 11.6 Å². The standard InChI is InChI=1S/C30H36N6O2/c1-5-7-23-25(29(37)31-17-21-13-9-19(3)10-14-21)35-27(33-23)28-34-24(8-6-2)26(36-28)30(38)32-18-22-15-11-20(4)12-16-22/h9-16H,5-8,17-18H2,1-4H3,(H,31,37)(H,32,38)(H,33,35)(H,34,36). The second-order valence-electron chi connectivity index (χ2n) is 9.66. The number of aromatic amines is 2. The fourth-order valence-corrected chi connectivity index (χ4v) is 4.22. The molecule has 0 saturated heterocycles. The molecule has 38 heavy (non-hydrogen) atoms. The van der Waals surface area contributed by atoms with Gasteiger partial charge in [-0.1, -0.05) is 86.3 Å². The van der Waals surface area contributed by atoms with Crippen LogP contribution in [0.4, 0.5) is 0 Å². The lowest BCUT2D eigenvalue weighted by Crippen LogP contribution is -2.24. The molecule has 2 amide bonds. The number of H-pyrrole nitrogens is 2. The van der Waals surface area contributed by atoms with Crippen LogP contribution in [-0.4, -0.2) is 31.8 Å². The third-order valence-corrected chi connectivity index (χ3v) is 6.36. The van der Waals surface area contributed by atoms with E-state index in [4.69, 9.17) is 0 Å². The number of nitrogens with zero attached hydrogens (tertiary/aromatic N) is 2. The largest absolute Gasteiger partial charge is 0.347 e. The molecule has 0 radical (unpaired) electrons. The normalized spacial score (nSPS) is 10.9. The van der Waals surface area contributed by atoms with Gasteiger partial charge in [-0.05, 0) is 37.8 Å². The van der Waals surface area contributed by atoms with Crippen molar-refractivity contribution in [1.82, 2.24) is 30.6 Å². The van der Waals surface area contributed by atoms with Gasteiger partial charge in [0.05, 0.1) is 0 Å². The lowest BCUT2D eigenvalue weighted by Gasteiger charge is -2.05. The lowest BCUT2D eigenvalue weighted by atomic mass is 10.1. The Morgan fingerprint density at radius 2 is 1.03 bits per heavy atom. The Balaban J connectivity index is 1.53. The molecular weight excluding hydrogens is 476 g/mol. The average Bonchev–Trinajstić information content (AvgIpc) is 3.53. The van der Waals surface area contributed by atoms with Crippen LogP contribution in [0.3, 0.4) is 0 Å². The first-order chi connectivity index (χ1) is 18.4. The number of carbonyl (C=O) groups is 2. The minimum absolute atomic E-state index is 0.243. The van der Waals surface area contributed by atoms with Crippen molar-refractivity contribution in [3.63, 3.8) is 0 Å². The highest BCUT2D eigenvalue weighted by atomic mass is 16.2. The van der Waals surface area contributed by atoms with E-state index in [0.29, 0.717) is 49.0 Å². The van der Waals surface area contributed by atoms with Crippen LogP contribution in [0, 0.1) is 13.8 Å². The van der Waals surface area contributed by atoms with Crippen LogP contribution >= 0.6 is 0 Å². The molecule has 0 aliphatic heterocycles. The highest BCUT2D eigenvalue weighted by Gasteiger charge is 2.23. The van der Waals surface area contributed by atoms with Crippen molar-refractivity contribution in [3.05, 3.63) is 93.6 Å². The summed E-state index contributed by atoms with van der Waals surface area (Å²) in [5.41, 5.74) is 6.60. The van der Waals surface area contributed by atoms with Crippen LogP contribution in [-0.2, 0) is 25.9 Å². The zero-order valence-electron chi connectivity index (χ0n) is 22.6. The maximum absolute atomic E-state index is 13.1. The number of amides is 2. The lowest BCUT2D eigenvalue weighted by molar-refractivity contribution is 0.0937. The molecule has 2 aromatic heterocycles. The molecule has 8 nitrogen and oxygen atoms in total. The number of carbonyl (C=O) groups excluding carboxylic acids is 2. The van der Waals surface area contributed by atoms with Crippen molar-refractivity contribution in [2.75, 3.05) is 0 Å². The Kier molecular flexibility index (Phi) is 8.73. The molecule has 4 rings (SSSR count). The zero-order valence-corrected chi connectivity index (χ0v) is 22.6. The summed E-state index contributed by atoms with van der Waals surface area (Å²) in [6.45, 7) is 9.00. The van der Waals surface area contributed by atoms with Crippen molar-refractivity contribution in [2.24, 2.45) is 0 Å². The summed E-state index contributed by atoms with van der Waals surface area (Å²) in [7, 11) is 0. The molecule has 0 saturated carbocycles. The zero-order chi connectivity index (χ0) is 27.1. The minimum atomic E-state index is -0.243. The number of hydrogen-bond acceptors (Lipinski definition) is 4. The molecule has 0 bridgehead atoms. The van der Waals surface area contributed by atoms with Crippen molar-refractivity contribution < 1.29 is 9.59 Å². The molecule has 0 aliphatic rings. The van der Waals surface area contributed by atoms with E-state index in [0.717, 1.165) is 35.4 Å². The Bertz CT molecular complexity index is 1280. The van der Waals surface area contributed by atoms with Gasteiger partial charge in [0.15, 0.2) is 11.6 Å². The van der Waals surface area contributed by atoms with Crippen molar-refractivity contribution in [2.45, 2.75) is 66.5 Å². The Hall–Kier alpha value is -4.20. The van der Waals surface area contributed by atoms with Gasteiger partial charge in [-0.2, -0.15) is 0 Å². The van der Waals surface area contributed by atoms with E-state index >= 15 is 0 Å². The summed E-state index contributed by atoms with van der Waals surface area (Å²) in [5.74, 6) is 0.411. The van der Waals surface area contributed by atoms with Crippen LogP contribution < -0.4 is 10.6 Å². The summed E-state index contributed by atoms with van der Waals surface area (Å²) in [4.78, 5) is 41.9. The van der Waals surface area contributed by atoms with Crippen LogP contribution in [0.2, 0.25) is 0 Å². The highest BCUT2D eigenvalue weighted by molar-refractivity contribution is 5.95. The molecule has 2 aromatic carbocycles. The van der Waals surface area contributed by atoms with E-state index in [1.54, 1.807) is 0 Å². The van der Waals surface area contributed by atoms with Gasteiger partial charge in [0.2, 0.25) is 0 Å². The van der Waals surface area contributed by atoms with E-state index in [1.807, 2.05) is 62.4 Å². The average molecular weight is 513 g/mol. The molecule has 0 spiro atoms. The minimum Gasteiger partial charge on any atom is -0.347 e. The maximum Gasteiger partial charge on any atom is 0.272 e. The molecule has 8 heteroatoms. The third kappa shape index (κ3) is 6.56. The van der Waals surface area contributed by atoms with Gasteiger partial charge < -0.3 is 20.6 Å². The second kappa shape index (κ2) is 12.4. The summed E-state index contributed by atoms with van der Waals surface area (Å²) in [6, 6.07) is 16.1.